The molecule has 1 nitrogen and oxygen atoms in total. The van der Waals surface area contributed by atoms with E-state index >= 15 is 0 Å². The van der Waals surface area contributed by atoms with Crippen molar-refractivity contribution in [2.45, 2.75) is 19.3 Å². The second-order valence-electron chi connectivity index (χ2n) is 11.4. The van der Waals surface area contributed by atoms with E-state index in [-0.39, 0.29) is 5.41 Å². The van der Waals surface area contributed by atoms with Gasteiger partial charge in [0, 0.05) is 10.8 Å². The molecule has 0 bridgehead atoms. The van der Waals surface area contributed by atoms with Crippen LogP contribution in [0, 0.1) is 0 Å². The zero-order chi connectivity index (χ0) is 26.8. The molecule has 1 heteroatoms. The summed E-state index contributed by atoms with van der Waals surface area (Å²) < 4.78 is 0. The molecular formula is C39H29N. The van der Waals surface area contributed by atoms with Gasteiger partial charge in [-0.05, 0) is 73.5 Å². The van der Waals surface area contributed by atoms with Crippen LogP contribution in [0.2, 0.25) is 0 Å². The van der Waals surface area contributed by atoms with E-state index in [2.05, 4.69) is 158 Å². The van der Waals surface area contributed by atoms with E-state index in [0.29, 0.717) is 0 Å². The van der Waals surface area contributed by atoms with Crippen molar-refractivity contribution in [3.05, 3.63) is 151 Å². The Hall–Kier alpha value is -4.88. The summed E-state index contributed by atoms with van der Waals surface area (Å²) in [6.07, 6.45) is 0. The average Bonchev–Trinajstić information content (AvgIpc) is 3.01. The molecule has 0 saturated heterocycles. The first kappa shape index (κ1) is 23.0. The summed E-state index contributed by atoms with van der Waals surface area (Å²) in [5, 5.41) is 7.69. The van der Waals surface area contributed by atoms with E-state index in [4.69, 9.17) is 0 Å². The van der Waals surface area contributed by atoms with Crippen molar-refractivity contribution in [3.63, 3.8) is 0 Å². The second kappa shape index (κ2) is 8.56. The standard InChI is InChI=1S/C39H29N/c1-39(2)33-20-10-12-22-35(33)40(36-23-13-11-21-34(36)39)37-25-27-24-32(26-14-4-3-5-15-26)28-16-6-8-18-30(28)38(27)31-19-9-7-17-29(31)37/h3-25H,1-2H3. The van der Waals surface area contributed by atoms with Crippen LogP contribution in [0.4, 0.5) is 17.1 Å². The van der Waals surface area contributed by atoms with E-state index in [1.807, 2.05) is 0 Å². The van der Waals surface area contributed by atoms with Gasteiger partial charge in [0.15, 0.2) is 0 Å². The molecule has 0 radical (unpaired) electrons. The first-order valence-corrected chi connectivity index (χ1v) is 14.0. The molecule has 0 amide bonds. The first-order valence-electron chi connectivity index (χ1n) is 14.0. The maximum Gasteiger partial charge on any atom is 0.0546 e. The maximum atomic E-state index is 2.50. The molecule has 1 heterocycles. The van der Waals surface area contributed by atoms with Crippen molar-refractivity contribution >= 4 is 49.4 Å². The minimum Gasteiger partial charge on any atom is -0.309 e. The fourth-order valence-corrected chi connectivity index (χ4v) is 6.93. The van der Waals surface area contributed by atoms with Crippen molar-refractivity contribution < 1.29 is 0 Å². The highest BCUT2D eigenvalue weighted by atomic mass is 15.2. The molecule has 0 fully saturated rings. The lowest BCUT2D eigenvalue weighted by Gasteiger charge is -2.42. The SMILES string of the molecule is CC1(C)c2ccccc2N(c2cc3cc(-c4ccccc4)c4ccccc4c3c3ccccc23)c2ccccc21. The predicted molar refractivity (Wildman–Crippen MR) is 171 cm³/mol. The molecule has 1 aliphatic rings. The van der Waals surface area contributed by atoms with E-state index < -0.39 is 0 Å². The van der Waals surface area contributed by atoms with Gasteiger partial charge < -0.3 is 4.90 Å². The van der Waals surface area contributed by atoms with Gasteiger partial charge in [0.1, 0.15) is 0 Å². The highest BCUT2D eigenvalue weighted by Crippen LogP contribution is 2.53. The predicted octanol–water partition coefficient (Wildman–Crippen LogP) is 10.9. The van der Waals surface area contributed by atoms with E-state index in [9.17, 15) is 0 Å². The van der Waals surface area contributed by atoms with Gasteiger partial charge in [0.25, 0.3) is 0 Å². The largest absolute Gasteiger partial charge is 0.309 e. The number of fused-ring (bicyclic) bond motifs is 7. The Bertz CT molecular complexity index is 2040. The fourth-order valence-electron chi connectivity index (χ4n) is 6.93. The van der Waals surface area contributed by atoms with Gasteiger partial charge in [-0.3, -0.25) is 0 Å². The van der Waals surface area contributed by atoms with Crippen LogP contribution in [-0.4, -0.2) is 0 Å². The minimum atomic E-state index is -0.0903. The molecule has 7 aromatic carbocycles. The summed E-state index contributed by atoms with van der Waals surface area (Å²) in [5.74, 6) is 0. The normalized spacial score (nSPS) is 13.9. The van der Waals surface area contributed by atoms with Gasteiger partial charge in [0.05, 0.1) is 17.1 Å². The van der Waals surface area contributed by atoms with Gasteiger partial charge in [0.2, 0.25) is 0 Å². The molecule has 190 valence electrons. The Labute approximate surface area is 234 Å². The van der Waals surface area contributed by atoms with Crippen LogP contribution in [0.25, 0.3) is 43.4 Å². The Morgan fingerprint density at radius 1 is 0.450 bits per heavy atom. The number of hydrogen-bond acceptors (Lipinski definition) is 1. The average molecular weight is 512 g/mol. The summed E-state index contributed by atoms with van der Waals surface area (Å²) >= 11 is 0. The van der Waals surface area contributed by atoms with Crippen LogP contribution in [0.15, 0.2) is 140 Å². The highest BCUT2D eigenvalue weighted by molar-refractivity contribution is 6.26. The van der Waals surface area contributed by atoms with E-state index in [1.165, 1.54) is 71.6 Å². The summed E-state index contributed by atoms with van der Waals surface area (Å²) in [5.41, 5.74) is 8.83. The van der Waals surface area contributed by atoms with Gasteiger partial charge in [-0.2, -0.15) is 0 Å². The van der Waals surface area contributed by atoms with Crippen molar-refractivity contribution in [3.8, 4) is 11.1 Å². The van der Waals surface area contributed by atoms with E-state index in [0.717, 1.165) is 0 Å². The van der Waals surface area contributed by atoms with Crippen LogP contribution < -0.4 is 4.90 Å². The number of hydrogen-bond donors (Lipinski definition) is 0. The summed E-state index contributed by atoms with van der Waals surface area (Å²) in [6.45, 7) is 4.69. The monoisotopic (exact) mass is 511 g/mol. The molecule has 7 aromatic rings. The number of anilines is 3. The van der Waals surface area contributed by atoms with E-state index in [1.54, 1.807) is 0 Å². The van der Waals surface area contributed by atoms with Gasteiger partial charge >= 0.3 is 0 Å². The Morgan fingerprint density at radius 2 is 0.950 bits per heavy atom. The van der Waals surface area contributed by atoms with Gasteiger partial charge in [-0.15, -0.1) is 0 Å². The Balaban J connectivity index is 1.52. The van der Waals surface area contributed by atoms with Crippen LogP contribution in [0.5, 0.6) is 0 Å². The van der Waals surface area contributed by atoms with Crippen molar-refractivity contribution in [1.82, 2.24) is 0 Å². The summed E-state index contributed by atoms with van der Waals surface area (Å²) in [4.78, 5) is 2.50. The topological polar surface area (TPSA) is 3.24 Å². The number of nitrogens with zero attached hydrogens (tertiary/aromatic N) is 1. The molecule has 0 aromatic heterocycles. The minimum absolute atomic E-state index is 0.0903. The number of benzene rings is 7. The third-order valence-electron chi connectivity index (χ3n) is 8.80. The molecule has 8 rings (SSSR count). The second-order valence-corrected chi connectivity index (χ2v) is 11.4. The van der Waals surface area contributed by atoms with Crippen LogP contribution in [0.3, 0.4) is 0 Å². The third kappa shape index (κ3) is 3.21. The highest BCUT2D eigenvalue weighted by Gasteiger charge is 2.37. The molecule has 1 aliphatic heterocycles. The number of para-hydroxylation sites is 2. The zero-order valence-corrected chi connectivity index (χ0v) is 22.7. The number of rotatable bonds is 2. The first-order chi connectivity index (χ1) is 19.6. The summed E-state index contributed by atoms with van der Waals surface area (Å²) in [6, 6.07) is 51.2. The molecular weight excluding hydrogens is 482 g/mol. The molecule has 0 aliphatic carbocycles. The fraction of sp³-hybridized carbons (Fsp3) is 0.0769. The third-order valence-corrected chi connectivity index (χ3v) is 8.80. The van der Waals surface area contributed by atoms with Crippen LogP contribution in [-0.2, 0) is 5.41 Å². The molecule has 0 spiro atoms. The van der Waals surface area contributed by atoms with Gasteiger partial charge in [-0.25, -0.2) is 0 Å². The lowest BCUT2D eigenvalue weighted by atomic mass is 9.73. The molecule has 0 N–H and O–H groups in total. The smallest absolute Gasteiger partial charge is 0.0546 e. The van der Waals surface area contributed by atoms with Gasteiger partial charge in [-0.1, -0.05) is 129 Å². The molecule has 0 atom stereocenters. The lowest BCUT2D eigenvalue weighted by molar-refractivity contribution is 0.632. The summed E-state index contributed by atoms with van der Waals surface area (Å²) in [7, 11) is 0. The van der Waals surface area contributed by atoms with Crippen molar-refractivity contribution in [2.24, 2.45) is 0 Å². The van der Waals surface area contributed by atoms with Crippen LogP contribution in [0.1, 0.15) is 25.0 Å². The lowest BCUT2D eigenvalue weighted by Crippen LogP contribution is -2.30. The molecule has 0 unspecified atom stereocenters. The molecule has 40 heavy (non-hydrogen) atoms. The molecule has 0 saturated carbocycles. The van der Waals surface area contributed by atoms with Crippen molar-refractivity contribution in [2.75, 3.05) is 4.90 Å². The zero-order valence-electron chi connectivity index (χ0n) is 22.7. The Morgan fingerprint density at radius 3 is 1.60 bits per heavy atom. The maximum absolute atomic E-state index is 2.50. The quantitative estimate of drug-likeness (QED) is 0.209. The Kier molecular flexibility index (Phi) is 4.93. The van der Waals surface area contributed by atoms with Crippen LogP contribution >= 0.6 is 0 Å². The van der Waals surface area contributed by atoms with Crippen molar-refractivity contribution in [1.29, 1.82) is 0 Å².